The third-order valence-corrected chi connectivity index (χ3v) is 4.93. The Morgan fingerprint density at radius 3 is 2.88 bits per heavy atom. The number of carbonyl (C=O) groups is 1. The Kier molecular flexibility index (Phi) is 5.90. The van der Waals surface area contributed by atoms with Crippen molar-refractivity contribution in [1.82, 2.24) is 14.8 Å². The Balaban J connectivity index is 1.68. The zero-order chi connectivity index (χ0) is 18.5. The molecule has 1 amide bonds. The summed E-state index contributed by atoms with van der Waals surface area (Å²) in [7, 11) is 0. The molecule has 0 unspecified atom stereocenters. The number of aromatic nitrogens is 3. The summed E-state index contributed by atoms with van der Waals surface area (Å²) in [6, 6.07) is 12.1. The van der Waals surface area contributed by atoms with E-state index in [9.17, 15) is 9.18 Å². The van der Waals surface area contributed by atoms with Gasteiger partial charge in [0.05, 0.1) is 16.5 Å². The van der Waals surface area contributed by atoms with Gasteiger partial charge in [0.1, 0.15) is 12.1 Å². The SMILES string of the molecule is CCc1ccccc1-n1cnnc1SCC(=O)Nc1ccc(Cl)c(F)c1. The summed E-state index contributed by atoms with van der Waals surface area (Å²) < 4.78 is 15.3. The lowest BCUT2D eigenvalue weighted by Crippen LogP contribution is -2.14. The molecule has 1 aromatic heterocycles. The number of nitrogens with zero attached hydrogens (tertiary/aromatic N) is 3. The highest BCUT2D eigenvalue weighted by molar-refractivity contribution is 7.99. The average molecular weight is 391 g/mol. The Labute approximate surface area is 159 Å². The molecule has 5 nitrogen and oxygen atoms in total. The van der Waals surface area contributed by atoms with Crippen LogP contribution in [-0.2, 0) is 11.2 Å². The highest BCUT2D eigenvalue weighted by atomic mass is 35.5. The quantitative estimate of drug-likeness (QED) is 0.635. The van der Waals surface area contributed by atoms with Gasteiger partial charge >= 0.3 is 0 Å². The summed E-state index contributed by atoms with van der Waals surface area (Å²) in [5.41, 5.74) is 2.51. The van der Waals surface area contributed by atoms with E-state index in [1.54, 1.807) is 12.4 Å². The molecule has 0 fully saturated rings. The predicted molar refractivity (Wildman–Crippen MR) is 102 cm³/mol. The number of amides is 1. The summed E-state index contributed by atoms with van der Waals surface area (Å²) in [6.07, 6.45) is 2.50. The molecular weight excluding hydrogens is 375 g/mol. The second kappa shape index (κ2) is 8.33. The lowest BCUT2D eigenvalue weighted by atomic mass is 10.1. The minimum atomic E-state index is -0.576. The molecule has 0 saturated heterocycles. The van der Waals surface area contributed by atoms with Crippen LogP contribution >= 0.6 is 23.4 Å². The molecule has 0 radical (unpaired) electrons. The molecule has 3 aromatic rings. The van der Waals surface area contributed by atoms with Crippen molar-refractivity contribution in [2.75, 3.05) is 11.1 Å². The van der Waals surface area contributed by atoms with E-state index in [0.29, 0.717) is 10.8 Å². The molecule has 2 aromatic carbocycles. The van der Waals surface area contributed by atoms with Crippen molar-refractivity contribution in [3.63, 3.8) is 0 Å². The number of benzene rings is 2. The molecular formula is C18H16ClFN4OS. The molecule has 1 N–H and O–H groups in total. The molecule has 0 spiro atoms. The number of thioether (sulfide) groups is 1. The van der Waals surface area contributed by atoms with Crippen LogP contribution in [0.3, 0.4) is 0 Å². The highest BCUT2D eigenvalue weighted by Gasteiger charge is 2.12. The lowest BCUT2D eigenvalue weighted by Gasteiger charge is -2.10. The Morgan fingerprint density at radius 1 is 1.31 bits per heavy atom. The Morgan fingerprint density at radius 2 is 2.12 bits per heavy atom. The largest absolute Gasteiger partial charge is 0.325 e. The molecule has 0 atom stereocenters. The standard InChI is InChI=1S/C18H16ClFN4OS/c1-2-12-5-3-4-6-16(12)24-11-21-23-18(24)26-10-17(25)22-13-7-8-14(19)15(20)9-13/h3-9,11H,2,10H2,1H3,(H,22,25). The first-order valence-corrected chi connectivity index (χ1v) is 9.31. The smallest absolute Gasteiger partial charge is 0.234 e. The van der Waals surface area contributed by atoms with Crippen molar-refractivity contribution in [3.8, 4) is 5.69 Å². The maximum Gasteiger partial charge on any atom is 0.234 e. The van der Waals surface area contributed by atoms with Crippen LogP contribution in [0.1, 0.15) is 12.5 Å². The van der Waals surface area contributed by atoms with Crippen LogP contribution in [0.4, 0.5) is 10.1 Å². The number of rotatable bonds is 6. The van der Waals surface area contributed by atoms with E-state index >= 15 is 0 Å². The third-order valence-electron chi connectivity index (χ3n) is 3.68. The topological polar surface area (TPSA) is 59.8 Å². The van der Waals surface area contributed by atoms with Gasteiger partial charge in [-0.05, 0) is 36.2 Å². The number of hydrogen-bond acceptors (Lipinski definition) is 4. The van der Waals surface area contributed by atoms with Crippen LogP contribution in [0.5, 0.6) is 0 Å². The van der Waals surface area contributed by atoms with Crippen molar-refractivity contribution in [2.45, 2.75) is 18.5 Å². The van der Waals surface area contributed by atoms with Gasteiger partial charge in [0.25, 0.3) is 0 Å². The molecule has 3 rings (SSSR count). The van der Waals surface area contributed by atoms with E-state index < -0.39 is 5.82 Å². The highest BCUT2D eigenvalue weighted by Crippen LogP contribution is 2.23. The second-order valence-corrected chi connectivity index (χ2v) is 6.78. The van der Waals surface area contributed by atoms with E-state index in [-0.39, 0.29) is 16.7 Å². The first kappa shape index (κ1) is 18.4. The third kappa shape index (κ3) is 4.23. The number of carbonyl (C=O) groups excluding carboxylic acids is 1. The number of aryl methyl sites for hydroxylation is 1. The average Bonchev–Trinajstić information content (AvgIpc) is 3.11. The normalized spacial score (nSPS) is 10.7. The minimum Gasteiger partial charge on any atom is -0.325 e. The second-order valence-electron chi connectivity index (χ2n) is 5.43. The summed E-state index contributed by atoms with van der Waals surface area (Å²) >= 11 is 6.90. The maximum atomic E-state index is 13.4. The summed E-state index contributed by atoms with van der Waals surface area (Å²) in [5.74, 6) is -0.722. The van der Waals surface area contributed by atoms with E-state index in [1.807, 2.05) is 28.8 Å². The van der Waals surface area contributed by atoms with Gasteiger partial charge in [-0.2, -0.15) is 0 Å². The van der Waals surface area contributed by atoms with Gasteiger partial charge in [-0.25, -0.2) is 4.39 Å². The van der Waals surface area contributed by atoms with Gasteiger partial charge in [0, 0.05) is 5.69 Å². The number of hydrogen-bond donors (Lipinski definition) is 1. The number of halogens is 2. The summed E-state index contributed by atoms with van der Waals surface area (Å²) in [4.78, 5) is 12.1. The molecule has 26 heavy (non-hydrogen) atoms. The fourth-order valence-electron chi connectivity index (χ4n) is 2.43. The minimum absolute atomic E-state index is 0.0139. The molecule has 134 valence electrons. The van der Waals surface area contributed by atoms with E-state index in [2.05, 4.69) is 22.4 Å². The molecule has 0 aliphatic rings. The van der Waals surface area contributed by atoms with Crippen molar-refractivity contribution in [2.24, 2.45) is 0 Å². The van der Waals surface area contributed by atoms with Crippen molar-refractivity contribution in [1.29, 1.82) is 0 Å². The van der Waals surface area contributed by atoms with Crippen molar-refractivity contribution < 1.29 is 9.18 Å². The van der Waals surface area contributed by atoms with Gasteiger partial charge < -0.3 is 5.32 Å². The van der Waals surface area contributed by atoms with Gasteiger partial charge in [0.15, 0.2) is 5.16 Å². The van der Waals surface area contributed by atoms with Gasteiger partial charge in [0.2, 0.25) is 5.91 Å². The summed E-state index contributed by atoms with van der Waals surface area (Å²) in [6.45, 7) is 2.08. The first-order valence-electron chi connectivity index (χ1n) is 7.94. The molecule has 1 heterocycles. The van der Waals surface area contributed by atoms with Crippen LogP contribution in [0.25, 0.3) is 5.69 Å². The van der Waals surface area contributed by atoms with Crippen LogP contribution in [0, 0.1) is 5.82 Å². The molecule has 0 aliphatic heterocycles. The molecule has 0 aliphatic carbocycles. The van der Waals surface area contributed by atoms with Crippen LogP contribution < -0.4 is 5.32 Å². The number of nitrogens with one attached hydrogen (secondary N) is 1. The van der Waals surface area contributed by atoms with Crippen molar-refractivity contribution in [3.05, 3.63) is 65.2 Å². The van der Waals surface area contributed by atoms with E-state index in [4.69, 9.17) is 11.6 Å². The van der Waals surface area contributed by atoms with Crippen molar-refractivity contribution >= 4 is 35.0 Å². The molecule has 0 bridgehead atoms. The summed E-state index contributed by atoms with van der Waals surface area (Å²) in [5, 5.41) is 11.3. The Bertz CT molecular complexity index is 931. The maximum absolute atomic E-state index is 13.4. The molecule has 8 heteroatoms. The Hall–Kier alpha value is -2.38. The fraction of sp³-hybridized carbons (Fsp3) is 0.167. The number of para-hydroxylation sites is 1. The predicted octanol–water partition coefficient (Wildman–Crippen LogP) is 4.35. The van der Waals surface area contributed by atoms with Crippen LogP contribution in [0.15, 0.2) is 53.9 Å². The van der Waals surface area contributed by atoms with E-state index in [0.717, 1.165) is 17.7 Å². The molecule has 0 saturated carbocycles. The van der Waals surface area contributed by atoms with Crippen LogP contribution in [0.2, 0.25) is 5.02 Å². The zero-order valence-corrected chi connectivity index (χ0v) is 15.5. The van der Waals surface area contributed by atoms with Gasteiger partial charge in [-0.1, -0.05) is 48.5 Å². The lowest BCUT2D eigenvalue weighted by molar-refractivity contribution is -0.113. The van der Waals surface area contributed by atoms with E-state index in [1.165, 1.54) is 23.9 Å². The number of anilines is 1. The fourth-order valence-corrected chi connectivity index (χ4v) is 3.27. The zero-order valence-electron chi connectivity index (χ0n) is 13.9. The van der Waals surface area contributed by atoms with Crippen LogP contribution in [-0.4, -0.2) is 26.4 Å². The first-order chi connectivity index (χ1) is 12.6. The monoisotopic (exact) mass is 390 g/mol. The van der Waals surface area contributed by atoms with Gasteiger partial charge in [-0.3, -0.25) is 9.36 Å². The van der Waals surface area contributed by atoms with Gasteiger partial charge in [-0.15, -0.1) is 10.2 Å².